The van der Waals surface area contributed by atoms with Gasteiger partial charge in [0.25, 0.3) is 5.69 Å². The van der Waals surface area contributed by atoms with Crippen LogP contribution in [0.15, 0.2) is 30.3 Å². The number of carbonyl (C=O) groups is 1. The zero-order chi connectivity index (χ0) is 15.0. The van der Waals surface area contributed by atoms with Gasteiger partial charge in [0.15, 0.2) is 29.3 Å². The van der Waals surface area contributed by atoms with Gasteiger partial charge in [-0.3, -0.25) is 14.9 Å². The van der Waals surface area contributed by atoms with Gasteiger partial charge in [-0.2, -0.15) is 0 Å². The number of nitrogens with zero attached hydrogens (tertiary/aromatic N) is 1. The van der Waals surface area contributed by atoms with Crippen LogP contribution in [0.2, 0.25) is 0 Å². The van der Waals surface area contributed by atoms with E-state index in [1.807, 2.05) is 0 Å². The van der Waals surface area contributed by atoms with E-state index in [9.17, 15) is 14.9 Å². The van der Waals surface area contributed by atoms with E-state index in [1.165, 1.54) is 25.3 Å². The molecule has 1 heterocycles. The number of fused-ring (bicyclic) bond motifs is 2. The standard InChI is InChI=1S/C14H9NO6/c1-19-10-4-5-12-14(9(10)7-16)21-11-3-2-8(15(17)18)6-13(11)20-12/h2-7H,1H3. The van der Waals surface area contributed by atoms with Gasteiger partial charge in [-0.15, -0.1) is 0 Å². The molecule has 0 atom stereocenters. The SMILES string of the molecule is COc1ccc2c(c1C=O)Oc1ccc([N+](=O)[O-])cc1O2. The third kappa shape index (κ3) is 2.04. The predicted octanol–water partition coefficient (Wildman–Crippen LogP) is 3.31. The molecule has 7 nitrogen and oxygen atoms in total. The number of methoxy groups -OCH3 is 1. The summed E-state index contributed by atoms with van der Waals surface area (Å²) in [5, 5.41) is 10.8. The molecule has 0 bridgehead atoms. The van der Waals surface area contributed by atoms with Gasteiger partial charge in [-0.05, 0) is 18.2 Å². The van der Waals surface area contributed by atoms with Gasteiger partial charge in [0, 0.05) is 6.07 Å². The number of nitro benzene ring substituents is 1. The van der Waals surface area contributed by atoms with Crippen LogP contribution >= 0.6 is 0 Å². The van der Waals surface area contributed by atoms with E-state index < -0.39 is 4.92 Å². The maximum atomic E-state index is 11.2. The molecular weight excluding hydrogens is 278 g/mol. The summed E-state index contributed by atoms with van der Waals surface area (Å²) in [5.74, 6) is 1.40. The maximum Gasteiger partial charge on any atom is 0.273 e. The average molecular weight is 287 g/mol. The first kappa shape index (κ1) is 12.9. The van der Waals surface area contributed by atoms with Crippen LogP contribution in [0.3, 0.4) is 0 Å². The minimum absolute atomic E-state index is 0.107. The Labute approximate surface area is 118 Å². The van der Waals surface area contributed by atoms with E-state index in [0.29, 0.717) is 23.5 Å². The molecule has 1 aliphatic heterocycles. The number of rotatable bonds is 3. The molecule has 0 radical (unpaired) electrons. The van der Waals surface area contributed by atoms with Crippen molar-refractivity contribution in [2.75, 3.05) is 7.11 Å². The molecule has 2 aromatic rings. The molecule has 106 valence electrons. The van der Waals surface area contributed by atoms with Crippen molar-refractivity contribution in [1.82, 2.24) is 0 Å². The second-order valence-corrected chi connectivity index (χ2v) is 4.22. The number of carbonyl (C=O) groups excluding carboxylic acids is 1. The molecule has 0 aromatic heterocycles. The molecule has 0 amide bonds. The Morgan fingerprint density at radius 3 is 2.57 bits per heavy atom. The fourth-order valence-electron chi connectivity index (χ4n) is 2.04. The molecule has 3 rings (SSSR count). The molecule has 2 aromatic carbocycles. The Balaban J connectivity index is 2.09. The lowest BCUT2D eigenvalue weighted by molar-refractivity contribution is -0.384. The highest BCUT2D eigenvalue weighted by Crippen LogP contribution is 2.49. The Morgan fingerprint density at radius 2 is 1.90 bits per heavy atom. The highest BCUT2D eigenvalue weighted by molar-refractivity contribution is 5.86. The molecule has 0 spiro atoms. The summed E-state index contributed by atoms with van der Waals surface area (Å²) in [7, 11) is 1.44. The third-order valence-corrected chi connectivity index (χ3v) is 3.03. The number of hydrogen-bond donors (Lipinski definition) is 0. The number of nitro groups is 1. The molecule has 0 fully saturated rings. The predicted molar refractivity (Wildman–Crippen MR) is 71.6 cm³/mol. The maximum absolute atomic E-state index is 11.2. The lowest BCUT2D eigenvalue weighted by atomic mass is 10.1. The summed E-state index contributed by atoms with van der Waals surface area (Å²) in [5.41, 5.74) is 0.115. The zero-order valence-electron chi connectivity index (χ0n) is 10.9. The van der Waals surface area contributed by atoms with Crippen molar-refractivity contribution in [3.05, 3.63) is 46.0 Å². The molecule has 0 unspecified atom stereocenters. The Morgan fingerprint density at radius 1 is 1.14 bits per heavy atom. The number of ether oxygens (including phenoxy) is 3. The van der Waals surface area contributed by atoms with Gasteiger partial charge < -0.3 is 14.2 Å². The summed E-state index contributed by atoms with van der Waals surface area (Å²) in [6.45, 7) is 0. The van der Waals surface area contributed by atoms with Crippen LogP contribution in [0.5, 0.6) is 28.7 Å². The molecule has 0 aliphatic carbocycles. The Kier molecular flexibility index (Phi) is 2.94. The average Bonchev–Trinajstić information content (AvgIpc) is 2.51. The molecule has 0 N–H and O–H groups in total. The smallest absolute Gasteiger partial charge is 0.273 e. The van der Waals surface area contributed by atoms with Crippen LogP contribution in [-0.2, 0) is 0 Å². The summed E-state index contributed by atoms with van der Waals surface area (Å²) >= 11 is 0. The minimum atomic E-state index is -0.524. The summed E-state index contributed by atoms with van der Waals surface area (Å²) in [6.07, 6.45) is 0.609. The number of aldehydes is 1. The van der Waals surface area contributed by atoms with Crippen LogP contribution in [0, 0.1) is 10.1 Å². The first-order chi connectivity index (χ1) is 10.1. The van der Waals surface area contributed by atoms with Crippen LogP contribution in [-0.4, -0.2) is 18.3 Å². The Hall–Kier alpha value is -3.09. The van der Waals surface area contributed by atoms with E-state index in [2.05, 4.69) is 0 Å². The van der Waals surface area contributed by atoms with Gasteiger partial charge >= 0.3 is 0 Å². The summed E-state index contributed by atoms with van der Waals surface area (Å²) in [4.78, 5) is 21.4. The van der Waals surface area contributed by atoms with Crippen molar-refractivity contribution in [3.8, 4) is 28.7 Å². The summed E-state index contributed by atoms with van der Waals surface area (Å²) < 4.78 is 16.3. The summed E-state index contributed by atoms with van der Waals surface area (Å²) in [6, 6.07) is 7.12. The van der Waals surface area contributed by atoms with Crippen molar-refractivity contribution in [2.45, 2.75) is 0 Å². The van der Waals surface area contributed by atoms with Crippen LogP contribution < -0.4 is 14.2 Å². The highest BCUT2D eigenvalue weighted by atomic mass is 16.6. The molecule has 21 heavy (non-hydrogen) atoms. The van der Waals surface area contributed by atoms with Crippen LogP contribution in [0.1, 0.15) is 10.4 Å². The minimum Gasteiger partial charge on any atom is -0.496 e. The third-order valence-electron chi connectivity index (χ3n) is 3.03. The van der Waals surface area contributed by atoms with Crippen LogP contribution in [0.25, 0.3) is 0 Å². The number of hydrogen-bond acceptors (Lipinski definition) is 6. The lowest BCUT2D eigenvalue weighted by Gasteiger charge is -2.22. The molecule has 0 saturated heterocycles. The molecular formula is C14H9NO6. The Bertz CT molecular complexity index is 755. The van der Waals surface area contributed by atoms with E-state index in [1.54, 1.807) is 12.1 Å². The van der Waals surface area contributed by atoms with E-state index in [0.717, 1.165) is 0 Å². The first-order valence-electron chi connectivity index (χ1n) is 5.94. The van der Waals surface area contributed by atoms with Crippen molar-refractivity contribution in [1.29, 1.82) is 0 Å². The van der Waals surface area contributed by atoms with E-state index >= 15 is 0 Å². The van der Waals surface area contributed by atoms with Crippen molar-refractivity contribution < 1.29 is 23.9 Å². The van der Waals surface area contributed by atoms with E-state index in [4.69, 9.17) is 14.2 Å². The van der Waals surface area contributed by atoms with Gasteiger partial charge in [0.2, 0.25) is 0 Å². The fourth-order valence-corrected chi connectivity index (χ4v) is 2.04. The second kappa shape index (κ2) is 4.78. The lowest BCUT2D eigenvalue weighted by Crippen LogP contribution is -2.03. The van der Waals surface area contributed by atoms with Crippen molar-refractivity contribution in [2.24, 2.45) is 0 Å². The highest BCUT2D eigenvalue weighted by Gasteiger charge is 2.25. The van der Waals surface area contributed by atoms with Gasteiger partial charge in [-0.1, -0.05) is 0 Å². The van der Waals surface area contributed by atoms with Gasteiger partial charge in [0.1, 0.15) is 11.3 Å². The largest absolute Gasteiger partial charge is 0.496 e. The first-order valence-corrected chi connectivity index (χ1v) is 5.94. The molecule has 1 aliphatic rings. The van der Waals surface area contributed by atoms with Gasteiger partial charge in [0.05, 0.1) is 18.1 Å². The quantitative estimate of drug-likeness (QED) is 0.417. The van der Waals surface area contributed by atoms with Gasteiger partial charge in [-0.25, -0.2) is 0 Å². The number of benzene rings is 2. The monoisotopic (exact) mass is 287 g/mol. The molecule has 0 saturated carbocycles. The fraction of sp³-hybridized carbons (Fsp3) is 0.0714. The second-order valence-electron chi connectivity index (χ2n) is 4.22. The van der Waals surface area contributed by atoms with E-state index in [-0.39, 0.29) is 22.7 Å². The topological polar surface area (TPSA) is 87.9 Å². The molecule has 7 heteroatoms. The number of non-ortho nitro benzene ring substituents is 1. The normalized spacial score (nSPS) is 11.5. The van der Waals surface area contributed by atoms with Crippen molar-refractivity contribution in [3.63, 3.8) is 0 Å². The van der Waals surface area contributed by atoms with Crippen LogP contribution in [0.4, 0.5) is 5.69 Å². The van der Waals surface area contributed by atoms with Crippen molar-refractivity contribution >= 4 is 12.0 Å². The zero-order valence-corrected chi connectivity index (χ0v) is 10.9.